The minimum absolute atomic E-state index is 0.222. The molecule has 2 N–H and O–H groups in total. The molecule has 9 nitrogen and oxygen atoms in total. The molecule has 2 aromatic rings. The highest BCUT2D eigenvalue weighted by Gasteiger charge is 2.33. The Hall–Kier alpha value is -2.81. The summed E-state index contributed by atoms with van der Waals surface area (Å²) in [6, 6.07) is 3.46. The number of imidazole rings is 1. The fourth-order valence-corrected chi connectivity index (χ4v) is 4.53. The van der Waals surface area contributed by atoms with Gasteiger partial charge in [0.1, 0.15) is 17.5 Å². The molecule has 2 saturated heterocycles. The van der Waals surface area contributed by atoms with Crippen molar-refractivity contribution in [3.05, 3.63) is 22.6 Å². The Labute approximate surface area is 168 Å². The number of aryl methyl sites for hydroxylation is 1. The van der Waals surface area contributed by atoms with Crippen LogP contribution in [0.5, 0.6) is 5.75 Å². The Morgan fingerprint density at radius 1 is 1.14 bits per heavy atom. The normalized spacial score (nSPS) is 20.9. The van der Waals surface area contributed by atoms with E-state index in [1.807, 2.05) is 19.2 Å². The van der Waals surface area contributed by atoms with Crippen molar-refractivity contribution in [1.82, 2.24) is 19.8 Å². The van der Waals surface area contributed by atoms with Crippen LogP contribution in [0.1, 0.15) is 31.7 Å². The number of piperidine rings is 2. The number of anilines is 1. The predicted octanol–water partition coefficient (Wildman–Crippen LogP) is 0.515. The quantitative estimate of drug-likeness (QED) is 0.725. The molecule has 29 heavy (non-hydrogen) atoms. The van der Waals surface area contributed by atoms with Crippen molar-refractivity contribution < 1.29 is 14.3 Å². The molecule has 2 amide bonds. The lowest BCUT2D eigenvalue weighted by molar-refractivity contribution is -0.135. The highest BCUT2D eigenvalue weighted by atomic mass is 16.5. The maximum absolute atomic E-state index is 13.1. The summed E-state index contributed by atoms with van der Waals surface area (Å²) in [7, 11) is 5.32. The third kappa shape index (κ3) is 3.19. The smallest absolute Gasteiger partial charge is 0.329 e. The van der Waals surface area contributed by atoms with Gasteiger partial charge in [0.15, 0.2) is 0 Å². The van der Waals surface area contributed by atoms with E-state index >= 15 is 0 Å². The van der Waals surface area contributed by atoms with Crippen molar-refractivity contribution in [1.29, 1.82) is 0 Å². The van der Waals surface area contributed by atoms with Gasteiger partial charge in [0.05, 0.1) is 18.1 Å². The van der Waals surface area contributed by atoms with Crippen molar-refractivity contribution in [3.63, 3.8) is 0 Å². The van der Waals surface area contributed by atoms with E-state index < -0.39 is 11.9 Å². The third-order valence-corrected chi connectivity index (χ3v) is 6.14. The second-order valence-electron chi connectivity index (χ2n) is 7.71. The summed E-state index contributed by atoms with van der Waals surface area (Å²) in [4.78, 5) is 39.4. The maximum atomic E-state index is 13.1. The Morgan fingerprint density at radius 3 is 2.48 bits per heavy atom. The number of ether oxygens (including phenoxy) is 1. The van der Waals surface area contributed by atoms with E-state index in [0.717, 1.165) is 37.1 Å². The molecule has 1 aromatic heterocycles. The van der Waals surface area contributed by atoms with Crippen molar-refractivity contribution in [2.24, 2.45) is 7.05 Å². The third-order valence-electron chi connectivity index (χ3n) is 6.14. The van der Waals surface area contributed by atoms with E-state index in [4.69, 9.17) is 4.74 Å². The van der Waals surface area contributed by atoms with Crippen LogP contribution in [0.25, 0.3) is 11.0 Å². The van der Waals surface area contributed by atoms with Crippen molar-refractivity contribution in [2.45, 2.75) is 37.8 Å². The fraction of sp³-hybridized carbons (Fsp3) is 0.550. The van der Waals surface area contributed by atoms with Gasteiger partial charge in [0.2, 0.25) is 11.8 Å². The average Bonchev–Trinajstić information content (AvgIpc) is 2.98. The minimum atomic E-state index is -0.694. The van der Waals surface area contributed by atoms with E-state index in [0.29, 0.717) is 23.7 Å². The van der Waals surface area contributed by atoms with Crippen LogP contribution in [-0.2, 0) is 16.6 Å². The van der Waals surface area contributed by atoms with Gasteiger partial charge in [-0.05, 0) is 38.4 Å². The lowest BCUT2D eigenvalue weighted by atomic mass is 10.0. The summed E-state index contributed by atoms with van der Waals surface area (Å²) in [5.41, 5.74) is 2.04. The first kappa shape index (κ1) is 19.5. The highest BCUT2D eigenvalue weighted by molar-refractivity contribution is 6.01. The molecule has 0 saturated carbocycles. The molecular formula is C20H27N5O4. The van der Waals surface area contributed by atoms with Crippen LogP contribution < -0.4 is 26.0 Å². The van der Waals surface area contributed by atoms with Crippen LogP contribution in [0, 0.1) is 0 Å². The summed E-state index contributed by atoms with van der Waals surface area (Å²) in [6.07, 6.45) is 2.54. The van der Waals surface area contributed by atoms with E-state index in [1.165, 1.54) is 4.57 Å². The lowest BCUT2D eigenvalue weighted by Gasteiger charge is -2.34. The predicted molar refractivity (Wildman–Crippen MR) is 109 cm³/mol. The van der Waals surface area contributed by atoms with Gasteiger partial charge < -0.3 is 15.0 Å². The summed E-state index contributed by atoms with van der Waals surface area (Å²) >= 11 is 0. The maximum Gasteiger partial charge on any atom is 0.329 e. The molecule has 0 bridgehead atoms. The van der Waals surface area contributed by atoms with Crippen LogP contribution in [0.4, 0.5) is 5.69 Å². The van der Waals surface area contributed by atoms with E-state index in [9.17, 15) is 14.4 Å². The Bertz CT molecular complexity index is 1020. The molecule has 0 spiro atoms. The Kier molecular flexibility index (Phi) is 5.08. The van der Waals surface area contributed by atoms with Crippen LogP contribution in [0.3, 0.4) is 0 Å². The summed E-state index contributed by atoms with van der Waals surface area (Å²) in [6.45, 7) is 1.69. The van der Waals surface area contributed by atoms with Crippen LogP contribution >= 0.6 is 0 Å². The summed E-state index contributed by atoms with van der Waals surface area (Å²) in [5, 5.41) is 5.68. The number of carbonyl (C=O) groups is 2. The van der Waals surface area contributed by atoms with Crippen LogP contribution in [0.15, 0.2) is 16.9 Å². The number of benzene rings is 1. The van der Waals surface area contributed by atoms with Gasteiger partial charge in [-0.1, -0.05) is 0 Å². The number of rotatable bonds is 4. The van der Waals surface area contributed by atoms with Gasteiger partial charge in [-0.15, -0.1) is 0 Å². The molecule has 2 aliphatic rings. The number of aromatic nitrogens is 2. The van der Waals surface area contributed by atoms with Gasteiger partial charge >= 0.3 is 5.69 Å². The number of hydrogen-bond acceptors (Lipinski definition) is 6. The Balaban J connectivity index is 1.85. The molecule has 156 valence electrons. The largest absolute Gasteiger partial charge is 0.494 e. The number of nitrogens with one attached hydrogen (secondary N) is 2. The number of hydrogen-bond donors (Lipinski definition) is 2. The summed E-state index contributed by atoms with van der Waals surface area (Å²) < 4.78 is 8.74. The molecule has 9 heteroatoms. The van der Waals surface area contributed by atoms with Gasteiger partial charge in [-0.3, -0.25) is 24.0 Å². The SMILES string of the molecule is CNC1CCN(c2c(OC)ccc3c2n(C)c(=O)n3C2CCC(=O)NC2=O)CC1. The topological polar surface area (TPSA) is 97.6 Å². The fourth-order valence-electron chi connectivity index (χ4n) is 4.53. The van der Waals surface area contributed by atoms with E-state index in [2.05, 4.69) is 15.5 Å². The van der Waals surface area contributed by atoms with Crippen LogP contribution in [0.2, 0.25) is 0 Å². The number of fused-ring (bicyclic) bond motifs is 1. The first-order valence-electron chi connectivity index (χ1n) is 10.00. The van der Waals surface area contributed by atoms with E-state index in [1.54, 1.807) is 18.7 Å². The second kappa shape index (κ2) is 7.55. The number of amides is 2. The van der Waals surface area contributed by atoms with Crippen molar-refractivity contribution in [2.75, 3.05) is 32.1 Å². The zero-order chi connectivity index (χ0) is 20.7. The monoisotopic (exact) mass is 401 g/mol. The van der Waals surface area contributed by atoms with Gasteiger partial charge in [-0.25, -0.2) is 4.79 Å². The lowest BCUT2D eigenvalue weighted by Crippen LogP contribution is -2.44. The van der Waals surface area contributed by atoms with Crippen molar-refractivity contribution >= 4 is 28.5 Å². The number of methoxy groups -OCH3 is 1. The number of imide groups is 1. The number of nitrogens with zero attached hydrogens (tertiary/aromatic N) is 3. The molecule has 2 fully saturated rings. The molecule has 2 aliphatic heterocycles. The first-order chi connectivity index (χ1) is 14.0. The molecule has 4 rings (SSSR count). The van der Waals surface area contributed by atoms with Crippen LogP contribution in [-0.4, -0.2) is 54.2 Å². The molecule has 1 aromatic carbocycles. The number of carbonyl (C=O) groups excluding carboxylic acids is 2. The standard InChI is InChI=1S/C20H27N5O4/c1-21-12-8-10-24(11-9-12)18-15(29-3)6-4-13-17(18)23(2)20(28)25(13)14-5-7-16(26)22-19(14)27/h4,6,12,14,21H,5,7-11H2,1-3H3,(H,22,26,27). The minimum Gasteiger partial charge on any atom is -0.494 e. The van der Waals surface area contributed by atoms with E-state index in [-0.39, 0.29) is 18.0 Å². The Morgan fingerprint density at radius 2 is 1.86 bits per heavy atom. The molecular weight excluding hydrogens is 374 g/mol. The second-order valence-corrected chi connectivity index (χ2v) is 7.71. The zero-order valence-electron chi connectivity index (χ0n) is 17.0. The summed E-state index contributed by atoms with van der Waals surface area (Å²) in [5.74, 6) is -0.0196. The highest BCUT2D eigenvalue weighted by Crippen LogP contribution is 2.38. The molecule has 1 atom stereocenters. The zero-order valence-corrected chi connectivity index (χ0v) is 17.0. The first-order valence-corrected chi connectivity index (χ1v) is 10.00. The molecule has 0 aliphatic carbocycles. The molecule has 1 unspecified atom stereocenters. The molecule has 0 radical (unpaired) electrons. The van der Waals surface area contributed by atoms with Gasteiger partial charge in [0.25, 0.3) is 0 Å². The average molecular weight is 401 g/mol. The van der Waals surface area contributed by atoms with Crippen molar-refractivity contribution in [3.8, 4) is 5.75 Å². The van der Waals surface area contributed by atoms with Gasteiger partial charge in [-0.2, -0.15) is 0 Å². The van der Waals surface area contributed by atoms with Gasteiger partial charge in [0, 0.05) is 32.6 Å². The molecule has 3 heterocycles.